The lowest BCUT2D eigenvalue weighted by Gasteiger charge is -2.21. The fourth-order valence-electron chi connectivity index (χ4n) is 1.72. The minimum Gasteiger partial charge on any atom is -0.384 e. The SMILES string of the molecule is COCC1(C)CCC(Cl)C1. The molecule has 1 nitrogen and oxygen atoms in total. The normalized spacial score (nSPS) is 40.5. The van der Waals surface area contributed by atoms with Crippen molar-refractivity contribution >= 4 is 11.6 Å². The molecule has 2 atom stereocenters. The summed E-state index contributed by atoms with van der Waals surface area (Å²) in [4.78, 5) is 0. The summed E-state index contributed by atoms with van der Waals surface area (Å²) in [5, 5.41) is 0.389. The largest absolute Gasteiger partial charge is 0.384 e. The molecule has 0 aliphatic heterocycles. The van der Waals surface area contributed by atoms with E-state index in [4.69, 9.17) is 16.3 Å². The lowest BCUT2D eigenvalue weighted by molar-refractivity contribution is 0.0969. The molecule has 60 valence electrons. The van der Waals surface area contributed by atoms with E-state index in [-0.39, 0.29) is 0 Å². The van der Waals surface area contributed by atoms with E-state index < -0.39 is 0 Å². The number of halogens is 1. The Hall–Kier alpha value is 0.250. The van der Waals surface area contributed by atoms with E-state index in [1.54, 1.807) is 7.11 Å². The maximum Gasteiger partial charge on any atom is 0.0516 e. The van der Waals surface area contributed by atoms with Crippen LogP contribution in [0.1, 0.15) is 26.2 Å². The molecule has 0 aromatic heterocycles. The van der Waals surface area contributed by atoms with Gasteiger partial charge in [0.15, 0.2) is 0 Å². The van der Waals surface area contributed by atoms with Crippen LogP contribution in [0.4, 0.5) is 0 Å². The molecule has 0 N–H and O–H groups in total. The summed E-state index contributed by atoms with van der Waals surface area (Å²) < 4.78 is 5.12. The maximum atomic E-state index is 5.98. The third-order valence-corrected chi connectivity index (χ3v) is 2.64. The van der Waals surface area contributed by atoms with Crippen LogP contribution < -0.4 is 0 Å². The van der Waals surface area contributed by atoms with Crippen molar-refractivity contribution in [3.63, 3.8) is 0 Å². The van der Waals surface area contributed by atoms with Crippen molar-refractivity contribution in [2.24, 2.45) is 5.41 Å². The molecular formula is C8H15ClO. The third-order valence-electron chi connectivity index (χ3n) is 2.27. The smallest absolute Gasteiger partial charge is 0.0516 e. The number of rotatable bonds is 2. The molecule has 1 rings (SSSR count). The van der Waals surface area contributed by atoms with E-state index in [0.29, 0.717) is 10.8 Å². The molecule has 0 amide bonds. The molecule has 1 fully saturated rings. The van der Waals surface area contributed by atoms with Crippen LogP contribution in [0.2, 0.25) is 0 Å². The van der Waals surface area contributed by atoms with Gasteiger partial charge in [0.1, 0.15) is 0 Å². The van der Waals surface area contributed by atoms with Gasteiger partial charge in [-0.3, -0.25) is 0 Å². The Balaban J connectivity index is 2.38. The lowest BCUT2D eigenvalue weighted by Crippen LogP contribution is -2.18. The fourth-order valence-corrected chi connectivity index (χ4v) is 2.21. The lowest BCUT2D eigenvalue weighted by atomic mass is 9.90. The molecule has 1 aliphatic carbocycles. The molecule has 1 saturated carbocycles. The van der Waals surface area contributed by atoms with Crippen LogP contribution in [0.15, 0.2) is 0 Å². The number of alkyl halides is 1. The molecule has 0 radical (unpaired) electrons. The van der Waals surface area contributed by atoms with Gasteiger partial charge in [0.05, 0.1) is 6.61 Å². The average molecular weight is 163 g/mol. The van der Waals surface area contributed by atoms with Crippen LogP contribution in [0, 0.1) is 5.41 Å². The minimum absolute atomic E-state index is 0.362. The average Bonchev–Trinajstić information content (AvgIpc) is 2.12. The molecule has 0 aromatic rings. The van der Waals surface area contributed by atoms with Gasteiger partial charge < -0.3 is 4.74 Å². The van der Waals surface area contributed by atoms with E-state index in [2.05, 4.69) is 6.92 Å². The Bertz CT molecular complexity index is 112. The van der Waals surface area contributed by atoms with Crippen molar-refractivity contribution in [1.29, 1.82) is 0 Å². The van der Waals surface area contributed by atoms with Gasteiger partial charge in [-0.2, -0.15) is 0 Å². The van der Waals surface area contributed by atoms with Gasteiger partial charge in [0.25, 0.3) is 0 Å². The van der Waals surface area contributed by atoms with E-state index in [1.165, 1.54) is 6.42 Å². The summed E-state index contributed by atoms with van der Waals surface area (Å²) in [6.45, 7) is 3.11. The van der Waals surface area contributed by atoms with Crippen LogP contribution in [0.25, 0.3) is 0 Å². The zero-order valence-corrected chi connectivity index (χ0v) is 7.45. The highest BCUT2D eigenvalue weighted by molar-refractivity contribution is 6.20. The molecule has 0 saturated heterocycles. The zero-order chi connectivity index (χ0) is 7.61. The molecule has 0 spiro atoms. The molecule has 0 heterocycles. The van der Waals surface area contributed by atoms with Crippen LogP contribution in [0.3, 0.4) is 0 Å². The molecule has 2 unspecified atom stereocenters. The summed E-state index contributed by atoms with van der Waals surface area (Å²) in [5.41, 5.74) is 0.362. The van der Waals surface area contributed by atoms with Gasteiger partial charge in [-0.15, -0.1) is 11.6 Å². The topological polar surface area (TPSA) is 9.23 Å². The number of ether oxygens (including phenoxy) is 1. The van der Waals surface area contributed by atoms with E-state index in [0.717, 1.165) is 19.4 Å². The quantitative estimate of drug-likeness (QED) is 0.567. The zero-order valence-electron chi connectivity index (χ0n) is 6.69. The van der Waals surface area contributed by atoms with Crippen molar-refractivity contribution in [2.45, 2.75) is 31.6 Å². The highest BCUT2D eigenvalue weighted by Crippen LogP contribution is 2.40. The van der Waals surface area contributed by atoms with Crippen LogP contribution in [0.5, 0.6) is 0 Å². The summed E-state index contributed by atoms with van der Waals surface area (Å²) in [6.07, 6.45) is 3.48. The monoisotopic (exact) mass is 162 g/mol. The second kappa shape index (κ2) is 3.10. The second-order valence-corrected chi connectivity index (χ2v) is 4.20. The predicted octanol–water partition coefficient (Wildman–Crippen LogP) is 2.43. The first kappa shape index (κ1) is 8.35. The summed E-state index contributed by atoms with van der Waals surface area (Å²) >= 11 is 5.98. The van der Waals surface area contributed by atoms with E-state index in [1.807, 2.05) is 0 Å². The van der Waals surface area contributed by atoms with Gasteiger partial charge in [-0.1, -0.05) is 6.92 Å². The van der Waals surface area contributed by atoms with Crippen LogP contribution in [-0.4, -0.2) is 19.1 Å². The highest BCUT2D eigenvalue weighted by Gasteiger charge is 2.33. The predicted molar refractivity (Wildman–Crippen MR) is 43.5 cm³/mol. The Morgan fingerprint density at radius 1 is 1.70 bits per heavy atom. The summed E-state index contributed by atoms with van der Waals surface area (Å²) in [7, 11) is 1.76. The second-order valence-electron chi connectivity index (χ2n) is 3.58. The number of hydrogen-bond donors (Lipinski definition) is 0. The molecule has 0 bridgehead atoms. The van der Waals surface area contributed by atoms with Crippen molar-refractivity contribution < 1.29 is 4.74 Å². The standard InChI is InChI=1S/C8H15ClO/c1-8(6-10-2)4-3-7(9)5-8/h7H,3-6H2,1-2H3. The van der Waals surface area contributed by atoms with E-state index in [9.17, 15) is 0 Å². The first-order chi connectivity index (χ1) is 4.66. The van der Waals surface area contributed by atoms with Crippen molar-refractivity contribution in [3.05, 3.63) is 0 Å². The first-order valence-corrected chi connectivity index (χ1v) is 4.23. The van der Waals surface area contributed by atoms with Crippen molar-refractivity contribution in [3.8, 4) is 0 Å². The number of hydrogen-bond acceptors (Lipinski definition) is 1. The Labute approximate surface area is 67.7 Å². The van der Waals surface area contributed by atoms with Crippen molar-refractivity contribution in [1.82, 2.24) is 0 Å². The van der Waals surface area contributed by atoms with Gasteiger partial charge in [-0.05, 0) is 24.7 Å². The first-order valence-electron chi connectivity index (χ1n) is 3.79. The summed E-state index contributed by atoms with van der Waals surface area (Å²) in [5.74, 6) is 0. The minimum atomic E-state index is 0.362. The molecule has 10 heavy (non-hydrogen) atoms. The van der Waals surface area contributed by atoms with Gasteiger partial charge in [0, 0.05) is 12.5 Å². The molecule has 1 aliphatic rings. The fraction of sp³-hybridized carbons (Fsp3) is 1.00. The van der Waals surface area contributed by atoms with Gasteiger partial charge in [0.2, 0.25) is 0 Å². The third kappa shape index (κ3) is 1.86. The molecular weight excluding hydrogens is 148 g/mol. The van der Waals surface area contributed by atoms with Gasteiger partial charge >= 0.3 is 0 Å². The van der Waals surface area contributed by atoms with Crippen molar-refractivity contribution in [2.75, 3.05) is 13.7 Å². The highest BCUT2D eigenvalue weighted by atomic mass is 35.5. The van der Waals surface area contributed by atoms with Gasteiger partial charge in [-0.25, -0.2) is 0 Å². The Kier molecular flexibility index (Phi) is 2.59. The Morgan fingerprint density at radius 3 is 2.80 bits per heavy atom. The Morgan fingerprint density at radius 2 is 2.40 bits per heavy atom. The molecule has 2 heteroatoms. The molecule has 0 aromatic carbocycles. The van der Waals surface area contributed by atoms with Crippen LogP contribution in [-0.2, 0) is 4.74 Å². The summed E-state index contributed by atoms with van der Waals surface area (Å²) in [6, 6.07) is 0. The van der Waals surface area contributed by atoms with Crippen LogP contribution >= 0.6 is 11.6 Å². The van der Waals surface area contributed by atoms with E-state index >= 15 is 0 Å². The number of methoxy groups -OCH3 is 1. The maximum absolute atomic E-state index is 5.98.